The predicted molar refractivity (Wildman–Crippen MR) is 77.1 cm³/mol. The molecule has 1 aliphatic rings. The summed E-state index contributed by atoms with van der Waals surface area (Å²) in [5, 5.41) is 7.32. The molecule has 0 saturated heterocycles. The summed E-state index contributed by atoms with van der Waals surface area (Å²) >= 11 is 0. The van der Waals surface area contributed by atoms with Gasteiger partial charge in [0.2, 0.25) is 11.7 Å². The van der Waals surface area contributed by atoms with Gasteiger partial charge in [0.15, 0.2) is 0 Å². The summed E-state index contributed by atoms with van der Waals surface area (Å²) < 4.78 is 11.3. The molecule has 0 aromatic carbocycles. The standard InChI is InChI=1S/C15H25N3O2/c1-4-10-16-11-13-17-14(18-20-13)15(19-5-2)8-6-12(3)7-9-15/h4,12,16H,1,5-11H2,2-3H3. The zero-order valence-electron chi connectivity index (χ0n) is 12.5. The Bertz CT molecular complexity index is 423. The van der Waals surface area contributed by atoms with Gasteiger partial charge in [0, 0.05) is 13.2 Å². The van der Waals surface area contributed by atoms with E-state index < -0.39 is 0 Å². The second-order valence-corrected chi connectivity index (χ2v) is 5.54. The molecule has 1 N–H and O–H groups in total. The van der Waals surface area contributed by atoms with Gasteiger partial charge < -0.3 is 14.6 Å². The van der Waals surface area contributed by atoms with E-state index in [1.165, 1.54) is 0 Å². The molecule has 0 amide bonds. The van der Waals surface area contributed by atoms with E-state index in [0.717, 1.165) is 38.1 Å². The van der Waals surface area contributed by atoms with Crippen molar-refractivity contribution < 1.29 is 9.26 Å². The van der Waals surface area contributed by atoms with Crippen LogP contribution in [0.3, 0.4) is 0 Å². The van der Waals surface area contributed by atoms with Gasteiger partial charge in [-0.1, -0.05) is 18.2 Å². The van der Waals surface area contributed by atoms with E-state index in [1.807, 2.05) is 13.0 Å². The van der Waals surface area contributed by atoms with Crippen molar-refractivity contribution in [1.29, 1.82) is 0 Å². The van der Waals surface area contributed by atoms with Gasteiger partial charge in [-0.2, -0.15) is 4.98 Å². The zero-order chi connectivity index (χ0) is 14.4. The van der Waals surface area contributed by atoms with Crippen molar-refractivity contribution in [3.8, 4) is 0 Å². The number of aromatic nitrogens is 2. The molecule has 20 heavy (non-hydrogen) atoms. The Hall–Kier alpha value is -1.20. The largest absolute Gasteiger partial charge is 0.367 e. The highest BCUT2D eigenvalue weighted by Gasteiger charge is 2.40. The molecule has 0 aliphatic heterocycles. The Labute approximate surface area is 120 Å². The Kier molecular flexibility index (Phi) is 5.31. The highest BCUT2D eigenvalue weighted by atomic mass is 16.5. The van der Waals surface area contributed by atoms with Crippen LogP contribution in [0.4, 0.5) is 0 Å². The van der Waals surface area contributed by atoms with E-state index in [-0.39, 0.29) is 5.60 Å². The van der Waals surface area contributed by atoms with Crippen LogP contribution in [0.15, 0.2) is 17.2 Å². The van der Waals surface area contributed by atoms with Crippen molar-refractivity contribution in [1.82, 2.24) is 15.5 Å². The monoisotopic (exact) mass is 279 g/mol. The van der Waals surface area contributed by atoms with Crippen LogP contribution in [0.25, 0.3) is 0 Å². The quantitative estimate of drug-likeness (QED) is 0.614. The molecular formula is C15H25N3O2. The molecule has 0 radical (unpaired) electrons. The number of ether oxygens (including phenoxy) is 1. The minimum absolute atomic E-state index is 0.346. The second kappa shape index (κ2) is 6.99. The van der Waals surface area contributed by atoms with Crippen LogP contribution in [-0.2, 0) is 16.9 Å². The topological polar surface area (TPSA) is 60.2 Å². The van der Waals surface area contributed by atoms with E-state index >= 15 is 0 Å². The number of hydrogen-bond acceptors (Lipinski definition) is 5. The highest BCUT2D eigenvalue weighted by molar-refractivity contribution is 5.04. The van der Waals surface area contributed by atoms with E-state index in [1.54, 1.807) is 0 Å². The third-order valence-corrected chi connectivity index (χ3v) is 3.94. The van der Waals surface area contributed by atoms with Gasteiger partial charge >= 0.3 is 0 Å². The minimum Gasteiger partial charge on any atom is -0.367 e. The lowest BCUT2D eigenvalue weighted by Crippen LogP contribution is -2.35. The van der Waals surface area contributed by atoms with Gasteiger partial charge in [0.1, 0.15) is 5.60 Å². The highest BCUT2D eigenvalue weighted by Crippen LogP contribution is 2.41. The van der Waals surface area contributed by atoms with Gasteiger partial charge in [-0.25, -0.2) is 0 Å². The Morgan fingerprint density at radius 2 is 2.25 bits per heavy atom. The fourth-order valence-electron chi connectivity index (χ4n) is 2.73. The molecule has 112 valence electrons. The van der Waals surface area contributed by atoms with E-state index in [0.29, 0.717) is 24.9 Å². The maximum Gasteiger partial charge on any atom is 0.240 e. The molecule has 1 aromatic rings. The van der Waals surface area contributed by atoms with Crippen LogP contribution in [0.2, 0.25) is 0 Å². The molecule has 1 heterocycles. The van der Waals surface area contributed by atoms with Crippen molar-refractivity contribution in [2.75, 3.05) is 13.2 Å². The smallest absolute Gasteiger partial charge is 0.240 e. The molecule has 0 spiro atoms. The molecule has 1 aromatic heterocycles. The number of rotatable bonds is 7. The van der Waals surface area contributed by atoms with E-state index in [2.05, 4.69) is 29.0 Å². The summed E-state index contributed by atoms with van der Waals surface area (Å²) in [5.74, 6) is 2.07. The van der Waals surface area contributed by atoms with Crippen LogP contribution in [-0.4, -0.2) is 23.3 Å². The molecule has 1 aliphatic carbocycles. The first-order valence-electron chi connectivity index (χ1n) is 7.49. The molecule has 1 saturated carbocycles. The molecule has 0 bridgehead atoms. The first-order chi connectivity index (χ1) is 9.70. The third kappa shape index (κ3) is 3.46. The molecule has 0 atom stereocenters. The zero-order valence-corrected chi connectivity index (χ0v) is 12.5. The summed E-state index contributed by atoms with van der Waals surface area (Å²) in [4.78, 5) is 4.52. The molecule has 5 nitrogen and oxygen atoms in total. The average Bonchev–Trinajstić information content (AvgIpc) is 2.92. The van der Waals surface area contributed by atoms with Crippen LogP contribution >= 0.6 is 0 Å². The SMILES string of the molecule is C=CCNCc1nc(C2(OCC)CCC(C)CC2)no1. The van der Waals surface area contributed by atoms with E-state index in [9.17, 15) is 0 Å². The maximum atomic E-state index is 6.02. The number of nitrogens with one attached hydrogen (secondary N) is 1. The summed E-state index contributed by atoms with van der Waals surface area (Å²) in [6, 6.07) is 0. The Balaban J connectivity index is 2.07. The molecule has 2 rings (SSSR count). The lowest BCUT2D eigenvalue weighted by molar-refractivity contribution is -0.0847. The number of nitrogens with zero attached hydrogens (tertiary/aromatic N) is 2. The maximum absolute atomic E-state index is 6.02. The average molecular weight is 279 g/mol. The van der Waals surface area contributed by atoms with Crippen LogP contribution in [0.1, 0.15) is 51.2 Å². The molecule has 0 unspecified atom stereocenters. The van der Waals surface area contributed by atoms with Gasteiger partial charge in [0.05, 0.1) is 6.54 Å². The fraction of sp³-hybridized carbons (Fsp3) is 0.733. The van der Waals surface area contributed by atoms with Crippen LogP contribution < -0.4 is 5.32 Å². The first kappa shape index (κ1) is 15.2. The van der Waals surface area contributed by atoms with Gasteiger partial charge in [-0.05, 0) is 38.5 Å². The third-order valence-electron chi connectivity index (χ3n) is 3.94. The van der Waals surface area contributed by atoms with Crippen LogP contribution in [0.5, 0.6) is 0 Å². The molecule has 5 heteroatoms. The lowest BCUT2D eigenvalue weighted by Gasteiger charge is -2.36. The number of hydrogen-bond donors (Lipinski definition) is 1. The van der Waals surface area contributed by atoms with Gasteiger partial charge in [-0.15, -0.1) is 6.58 Å². The lowest BCUT2D eigenvalue weighted by atomic mass is 9.79. The van der Waals surface area contributed by atoms with E-state index in [4.69, 9.17) is 9.26 Å². The van der Waals surface area contributed by atoms with Crippen LogP contribution in [0, 0.1) is 5.92 Å². The van der Waals surface area contributed by atoms with Crippen molar-refractivity contribution in [2.45, 2.75) is 51.7 Å². The van der Waals surface area contributed by atoms with Gasteiger partial charge in [-0.3, -0.25) is 0 Å². The van der Waals surface area contributed by atoms with Crippen molar-refractivity contribution in [3.63, 3.8) is 0 Å². The fourth-order valence-corrected chi connectivity index (χ4v) is 2.73. The van der Waals surface area contributed by atoms with Crippen molar-refractivity contribution in [2.24, 2.45) is 5.92 Å². The minimum atomic E-state index is -0.346. The molecular weight excluding hydrogens is 254 g/mol. The van der Waals surface area contributed by atoms with Gasteiger partial charge in [0.25, 0.3) is 0 Å². The summed E-state index contributed by atoms with van der Waals surface area (Å²) in [7, 11) is 0. The van der Waals surface area contributed by atoms with Crippen molar-refractivity contribution >= 4 is 0 Å². The summed E-state index contributed by atoms with van der Waals surface area (Å²) in [6.07, 6.45) is 6.06. The molecule has 1 fully saturated rings. The Morgan fingerprint density at radius 3 is 2.90 bits per heavy atom. The Morgan fingerprint density at radius 1 is 1.50 bits per heavy atom. The second-order valence-electron chi connectivity index (χ2n) is 5.54. The summed E-state index contributed by atoms with van der Waals surface area (Å²) in [6.45, 7) is 9.94. The normalized spacial score (nSPS) is 26.6. The first-order valence-corrected chi connectivity index (χ1v) is 7.49. The van der Waals surface area contributed by atoms with Crippen molar-refractivity contribution in [3.05, 3.63) is 24.4 Å². The summed E-state index contributed by atoms with van der Waals surface area (Å²) in [5.41, 5.74) is -0.346. The predicted octanol–water partition coefficient (Wildman–Crippen LogP) is 2.79.